The molecule has 3 rings (SSSR count). The van der Waals surface area contributed by atoms with Gasteiger partial charge in [-0.1, -0.05) is 36.4 Å². The molecule has 1 aliphatic heterocycles. The van der Waals surface area contributed by atoms with Crippen LogP contribution in [0.25, 0.3) is 0 Å². The van der Waals surface area contributed by atoms with Crippen molar-refractivity contribution in [3.8, 4) is 11.5 Å². The van der Waals surface area contributed by atoms with Gasteiger partial charge in [-0.3, -0.25) is 0 Å². The largest absolute Gasteiger partial charge is 0.457 e. The smallest absolute Gasteiger partial charge is 0.244 e. The van der Waals surface area contributed by atoms with Gasteiger partial charge in [-0.2, -0.15) is 0 Å². The minimum atomic E-state index is -3.76. The lowest BCUT2D eigenvalue weighted by Gasteiger charge is -2.25. The molecule has 18 heavy (non-hydrogen) atoms. The minimum Gasteiger partial charge on any atom is -0.457 e. The first-order valence-electron chi connectivity index (χ1n) is 5.36. The van der Waals surface area contributed by atoms with E-state index in [1.54, 1.807) is 48.5 Å². The number of fused-ring (bicyclic) bond motifs is 2. The average Bonchev–Trinajstić information content (AvgIpc) is 2.34. The molecule has 0 amide bonds. The summed E-state index contributed by atoms with van der Waals surface area (Å²) >= 11 is 0. The quantitative estimate of drug-likeness (QED) is 0.752. The maximum absolute atomic E-state index is 11.8. The third-order valence-electron chi connectivity index (χ3n) is 2.90. The Hall–Kier alpha value is -1.52. The molecule has 92 valence electrons. The van der Waals surface area contributed by atoms with Crippen LogP contribution in [0.4, 0.5) is 0 Å². The standard InChI is InChI=1S/C13H9ClO3S/c14-18(15,16)13-9-5-1-3-7-11(9)17-12-8-4-2-6-10(12)13/h1-8,13H. The molecule has 0 aromatic heterocycles. The molecule has 0 aliphatic carbocycles. The van der Waals surface area contributed by atoms with Crippen LogP contribution in [0.15, 0.2) is 48.5 Å². The van der Waals surface area contributed by atoms with Gasteiger partial charge < -0.3 is 4.74 Å². The number of hydrogen-bond donors (Lipinski definition) is 0. The molecule has 5 heteroatoms. The average molecular weight is 281 g/mol. The molecule has 2 aromatic rings. The minimum absolute atomic E-state index is 0.533. The second-order valence-corrected chi connectivity index (χ2v) is 6.75. The highest BCUT2D eigenvalue weighted by molar-refractivity contribution is 8.14. The maximum atomic E-state index is 11.8. The van der Waals surface area contributed by atoms with E-state index in [-0.39, 0.29) is 0 Å². The summed E-state index contributed by atoms with van der Waals surface area (Å²) < 4.78 is 29.3. The Labute approximate surface area is 109 Å². The monoisotopic (exact) mass is 280 g/mol. The molecule has 0 spiro atoms. The summed E-state index contributed by atoms with van der Waals surface area (Å²) in [7, 11) is 1.82. The zero-order valence-electron chi connectivity index (χ0n) is 9.21. The molecule has 0 radical (unpaired) electrons. The molecule has 0 fully saturated rings. The van der Waals surface area contributed by atoms with Crippen LogP contribution in [0, 0.1) is 0 Å². The van der Waals surface area contributed by atoms with Crippen molar-refractivity contribution < 1.29 is 13.2 Å². The highest BCUT2D eigenvalue weighted by Gasteiger charge is 2.35. The molecule has 0 saturated heterocycles. The van der Waals surface area contributed by atoms with Crippen molar-refractivity contribution in [2.45, 2.75) is 5.25 Å². The highest BCUT2D eigenvalue weighted by atomic mass is 35.7. The lowest BCUT2D eigenvalue weighted by molar-refractivity contribution is 0.456. The number of benzene rings is 2. The van der Waals surface area contributed by atoms with Crippen LogP contribution < -0.4 is 4.74 Å². The molecule has 2 aromatic carbocycles. The van der Waals surface area contributed by atoms with Crippen LogP contribution in [0.5, 0.6) is 11.5 Å². The fourth-order valence-corrected chi connectivity index (χ4v) is 3.74. The molecule has 1 heterocycles. The normalized spacial score (nSPS) is 14.5. The topological polar surface area (TPSA) is 43.4 Å². The van der Waals surface area contributed by atoms with Gasteiger partial charge in [0.1, 0.15) is 16.7 Å². The Kier molecular flexibility index (Phi) is 2.57. The summed E-state index contributed by atoms with van der Waals surface area (Å²) in [5.74, 6) is 1.07. The Morgan fingerprint density at radius 2 is 1.33 bits per heavy atom. The lowest BCUT2D eigenvalue weighted by atomic mass is 10.00. The number of ether oxygens (including phenoxy) is 1. The summed E-state index contributed by atoms with van der Waals surface area (Å²) in [5.41, 5.74) is 1.15. The zero-order valence-corrected chi connectivity index (χ0v) is 10.8. The van der Waals surface area contributed by atoms with Crippen molar-refractivity contribution in [3.05, 3.63) is 59.7 Å². The van der Waals surface area contributed by atoms with E-state index >= 15 is 0 Å². The van der Waals surface area contributed by atoms with Gasteiger partial charge in [0.15, 0.2) is 0 Å². The summed E-state index contributed by atoms with van der Waals surface area (Å²) in [4.78, 5) is 0. The summed E-state index contributed by atoms with van der Waals surface area (Å²) in [5, 5.41) is -0.875. The van der Waals surface area contributed by atoms with E-state index in [1.165, 1.54) is 0 Å². The lowest BCUT2D eigenvalue weighted by Crippen LogP contribution is -2.15. The predicted molar refractivity (Wildman–Crippen MR) is 69.6 cm³/mol. The van der Waals surface area contributed by atoms with Crippen LogP contribution in [0.3, 0.4) is 0 Å². The van der Waals surface area contributed by atoms with E-state index < -0.39 is 14.3 Å². The van der Waals surface area contributed by atoms with Crippen molar-refractivity contribution in [2.75, 3.05) is 0 Å². The SMILES string of the molecule is O=S(=O)(Cl)C1c2ccccc2Oc2ccccc21. The van der Waals surface area contributed by atoms with Gasteiger partial charge >= 0.3 is 0 Å². The third kappa shape index (κ3) is 1.78. The maximum Gasteiger partial charge on any atom is 0.244 e. The second kappa shape index (κ2) is 4.00. The first-order valence-corrected chi connectivity index (χ1v) is 7.74. The van der Waals surface area contributed by atoms with Crippen LogP contribution >= 0.6 is 10.7 Å². The number of hydrogen-bond acceptors (Lipinski definition) is 3. The van der Waals surface area contributed by atoms with E-state index in [2.05, 4.69) is 0 Å². The molecular weight excluding hydrogens is 272 g/mol. The van der Waals surface area contributed by atoms with Gasteiger partial charge in [0.05, 0.1) is 0 Å². The van der Waals surface area contributed by atoms with E-state index in [4.69, 9.17) is 15.4 Å². The van der Waals surface area contributed by atoms with Crippen molar-refractivity contribution in [1.82, 2.24) is 0 Å². The van der Waals surface area contributed by atoms with Gasteiger partial charge in [0, 0.05) is 21.8 Å². The third-order valence-corrected chi connectivity index (χ3v) is 4.51. The second-order valence-electron chi connectivity index (χ2n) is 4.03. The van der Waals surface area contributed by atoms with E-state index in [1.807, 2.05) is 0 Å². The fraction of sp³-hybridized carbons (Fsp3) is 0.0769. The van der Waals surface area contributed by atoms with Crippen LogP contribution in [-0.2, 0) is 9.05 Å². The molecule has 0 saturated carbocycles. The molecular formula is C13H9ClO3S. The van der Waals surface area contributed by atoms with Gasteiger partial charge in [0.25, 0.3) is 0 Å². The van der Waals surface area contributed by atoms with Crippen molar-refractivity contribution in [3.63, 3.8) is 0 Å². The van der Waals surface area contributed by atoms with E-state index in [0.29, 0.717) is 22.6 Å². The van der Waals surface area contributed by atoms with Crippen molar-refractivity contribution in [2.24, 2.45) is 0 Å². The van der Waals surface area contributed by atoms with Gasteiger partial charge in [-0.05, 0) is 12.1 Å². The first-order chi connectivity index (χ1) is 8.57. The van der Waals surface area contributed by atoms with Crippen molar-refractivity contribution >= 4 is 19.7 Å². The van der Waals surface area contributed by atoms with Crippen LogP contribution in [0.1, 0.15) is 16.4 Å². The van der Waals surface area contributed by atoms with Crippen molar-refractivity contribution in [1.29, 1.82) is 0 Å². The molecule has 0 atom stereocenters. The van der Waals surface area contributed by atoms with E-state index in [9.17, 15) is 8.42 Å². The number of para-hydroxylation sites is 2. The zero-order chi connectivity index (χ0) is 12.8. The summed E-state index contributed by atoms with van der Waals surface area (Å²) in [6.07, 6.45) is 0. The number of rotatable bonds is 1. The Balaban J connectivity index is 2.31. The molecule has 0 unspecified atom stereocenters. The highest BCUT2D eigenvalue weighted by Crippen LogP contribution is 2.47. The predicted octanol–water partition coefficient (Wildman–Crippen LogP) is 3.45. The Bertz CT molecular complexity index is 664. The summed E-state index contributed by atoms with van der Waals surface area (Å²) in [6, 6.07) is 14.0. The van der Waals surface area contributed by atoms with E-state index in [0.717, 1.165) is 0 Å². The van der Waals surface area contributed by atoms with Crippen LogP contribution in [-0.4, -0.2) is 8.42 Å². The first kappa shape index (κ1) is 11.6. The molecule has 3 nitrogen and oxygen atoms in total. The van der Waals surface area contributed by atoms with Gasteiger partial charge in [-0.25, -0.2) is 8.42 Å². The van der Waals surface area contributed by atoms with Crippen LogP contribution in [0.2, 0.25) is 0 Å². The van der Waals surface area contributed by atoms with Gasteiger partial charge in [-0.15, -0.1) is 0 Å². The Morgan fingerprint density at radius 3 is 1.78 bits per heavy atom. The number of halogens is 1. The molecule has 0 N–H and O–H groups in total. The molecule has 0 bridgehead atoms. The summed E-state index contributed by atoms with van der Waals surface area (Å²) in [6.45, 7) is 0. The fourth-order valence-electron chi connectivity index (χ4n) is 2.17. The Morgan fingerprint density at radius 1 is 0.889 bits per heavy atom. The molecule has 1 aliphatic rings. The van der Waals surface area contributed by atoms with Gasteiger partial charge in [0.2, 0.25) is 9.05 Å².